The van der Waals surface area contributed by atoms with Gasteiger partial charge in [0.05, 0.1) is 13.7 Å². The lowest BCUT2D eigenvalue weighted by Gasteiger charge is -2.15. The Bertz CT molecular complexity index is 393. The van der Waals surface area contributed by atoms with Crippen LogP contribution >= 0.6 is 0 Å². The highest BCUT2D eigenvalue weighted by atomic mass is 16.5. The van der Waals surface area contributed by atoms with Crippen LogP contribution in [0.1, 0.15) is 58.4 Å². The van der Waals surface area contributed by atoms with Crippen LogP contribution in [0.4, 0.5) is 0 Å². The quantitative estimate of drug-likeness (QED) is 0.607. The van der Waals surface area contributed by atoms with Gasteiger partial charge in [-0.2, -0.15) is 0 Å². The minimum atomic E-state index is 0.555. The Kier molecular flexibility index (Phi) is 8.91. The van der Waals surface area contributed by atoms with Crippen molar-refractivity contribution in [1.82, 2.24) is 5.32 Å². The average Bonchev–Trinajstić information content (AvgIpc) is 2.50. The van der Waals surface area contributed by atoms with E-state index >= 15 is 0 Å². The number of ether oxygens (including phenoxy) is 2. The fourth-order valence-corrected chi connectivity index (χ4v) is 2.37. The van der Waals surface area contributed by atoms with Crippen molar-refractivity contribution in [3.05, 3.63) is 23.8 Å². The topological polar surface area (TPSA) is 30.5 Å². The summed E-state index contributed by atoms with van der Waals surface area (Å²) in [6.07, 6.45) is 6.55. The molecule has 21 heavy (non-hydrogen) atoms. The summed E-state index contributed by atoms with van der Waals surface area (Å²) in [7, 11) is 1.69. The van der Waals surface area contributed by atoms with Crippen LogP contribution in [0.25, 0.3) is 0 Å². The van der Waals surface area contributed by atoms with Crippen molar-refractivity contribution >= 4 is 0 Å². The van der Waals surface area contributed by atoms with Gasteiger partial charge < -0.3 is 14.8 Å². The maximum atomic E-state index is 5.54. The molecule has 1 aromatic carbocycles. The first kappa shape index (κ1) is 17.8. The summed E-state index contributed by atoms with van der Waals surface area (Å²) in [5.41, 5.74) is 1.23. The summed E-state index contributed by atoms with van der Waals surface area (Å²) in [5, 5.41) is 3.58. The van der Waals surface area contributed by atoms with E-state index in [0.717, 1.165) is 18.0 Å². The van der Waals surface area contributed by atoms with Crippen molar-refractivity contribution in [1.29, 1.82) is 0 Å². The van der Waals surface area contributed by atoms with Gasteiger partial charge in [-0.3, -0.25) is 0 Å². The second-order valence-corrected chi connectivity index (χ2v) is 5.55. The number of nitrogens with one attached hydrogen (secondary N) is 1. The van der Waals surface area contributed by atoms with Crippen molar-refractivity contribution < 1.29 is 9.47 Å². The first-order valence-electron chi connectivity index (χ1n) is 8.24. The van der Waals surface area contributed by atoms with Crippen LogP contribution in [0.15, 0.2) is 18.2 Å². The predicted octanol–water partition coefficient (Wildman–Crippen LogP) is 4.54. The van der Waals surface area contributed by atoms with E-state index in [-0.39, 0.29) is 0 Å². The van der Waals surface area contributed by atoms with Crippen LogP contribution in [0.2, 0.25) is 0 Å². The van der Waals surface area contributed by atoms with Gasteiger partial charge in [-0.25, -0.2) is 0 Å². The van der Waals surface area contributed by atoms with Crippen molar-refractivity contribution in [2.75, 3.05) is 13.7 Å². The third kappa shape index (κ3) is 6.85. The Morgan fingerprint density at radius 1 is 1.10 bits per heavy atom. The molecule has 1 unspecified atom stereocenters. The van der Waals surface area contributed by atoms with Gasteiger partial charge in [0.25, 0.3) is 0 Å². The monoisotopic (exact) mass is 293 g/mol. The van der Waals surface area contributed by atoms with Gasteiger partial charge in [-0.1, -0.05) is 38.7 Å². The number of hydrogen-bond acceptors (Lipinski definition) is 3. The first-order valence-corrected chi connectivity index (χ1v) is 8.24. The highest BCUT2D eigenvalue weighted by Crippen LogP contribution is 2.28. The van der Waals surface area contributed by atoms with Crippen LogP contribution < -0.4 is 14.8 Å². The van der Waals surface area contributed by atoms with Crippen LogP contribution in [0.5, 0.6) is 11.5 Å². The van der Waals surface area contributed by atoms with Crippen molar-refractivity contribution in [2.45, 2.75) is 65.5 Å². The largest absolute Gasteiger partial charge is 0.493 e. The molecular weight excluding hydrogens is 262 g/mol. The molecule has 0 bridgehead atoms. The molecule has 1 aromatic rings. The van der Waals surface area contributed by atoms with Gasteiger partial charge in [-0.15, -0.1) is 0 Å². The van der Waals surface area contributed by atoms with Gasteiger partial charge in [-0.05, 0) is 38.0 Å². The summed E-state index contributed by atoms with van der Waals surface area (Å²) < 4.78 is 10.9. The zero-order chi connectivity index (χ0) is 15.5. The maximum Gasteiger partial charge on any atom is 0.161 e. The molecule has 0 aliphatic heterocycles. The molecule has 0 fully saturated rings. The molecule has 0 aromatic heterocycles. The molecule has 1 rings (SSSR count). The van der Waals surface area contributed by atoms with Crippen LogP contribution in [-0.2, 0) is 6.54 Å². The summed E-state index contributed by atoms with van der Waals surface area (Å²) >= 11 is 0. The lowest BCUT2D eigenvalue weighted by atomic mass is 10.1. The minimum Gasteiger partial charge on any atom is -0.493 e. The van der Waals surface area contributed by atoms with Crippen molar-refractivity contribution in [3.63, 3.8) is 0 Å². The molecule has 1 atom stereocenters. The van der Waals surface area contributed by atoms with E-state index in [0.29, 0.717) is 12.6 Å². The first-order chi connectivity index (χ1) is 10.2. The fourth-order valence-electron chi connectivity index (χ4n) is 2.37. The summed E-state index contributed by atoms with van der Waals surface area (Å²) in [4.78, 5) is 0. The van der Waals surface area contributed by atoms with Crippen molar-refractivity contribution in [3.8, 4) is 11.5 Å². The Morgan fingerprint density at radius 2 is 1.90 bits per heavy atom. The van der Waals surface area contributed by atoms with E-state index < -0.39 is 0 Å². The van der Waals surface area contributed by atoms with E-state index in [9.17, 15) is 0 Å². The number of unbranched alkanes of at least 4 members (excludes halogenated alkanes) is 3. The highest BCUT2D eigenvalue weighted by molar-refractivity contribution is 5.42. The Morgan fingerprint density at radius 3 is 2.57 bits per heavy atom. The molecule has 0 saturated carbocycles. The van der Waals surface area contributed by atoms with E-state index in [1.165, 1.54) is 37.7 Å². The molecule has 0 radical (unpaired) electrons. The lowest BCUT2D eigenvalue weighted by Crippen LogP contribution is -2.25. The smallest absolute Gasteiger partial charge is 0.161 e. The number of rotatable bonds is 11. The number of methoxy groups -OCH3 is 1. The third-order valence-corrected chi connectivity index (χ3v) is 3.67. The van der Waals surface area contributed by atoms with Gasteiger partial charge in [0.2, 0.25) is 0 Å². The summed E-state index contributed by atoms with van der Waals surface area (Å²) in [6, 6.07) is 6.71. The zero-order valence-corrected chi connectivity index (χ0v) is 14.1. The van der Waals surface area contributed by atoms with Crippen molar-refractivity contribution in [2.24, 2.45) is 0 Å². The third-order valence-electron chi connectivity index (χ3n) is 3.67. The SMILES string of the molecule is CCCCCCC(C)NCc1ccc(OCC)c(OC)c1. The normalized spacial score (nSPS) is 12.2. The molecule has 1 N–H and O–H groups in total. The molecular formula is C18H31NO2. The standard InChI is InChI=1S/C18H31NO2/c1-5-7-8-9-10-15(3)19-14-16-11-12-17(21-6-2)18(13-16)20-4/h11-13,15,19H,5-10,14H2,1-4H3. The molecule has 3 heteroatoms. The second kappa shape index (κ2) is 10.5. The molecule has 0 spiro atoms. The fraction of sp³-hybridized carbons (Fsp3) is 0.667. The molecule has 3 nitrogen and oxygen atoms in total. The van der Waals surface area contributed by atoms with Crippen LogP contribution in [0.3, 0.4) is 0 Å². The van der Waals surface area contributed by atoms with Gasteiger partial charge in [0.1, 0.15) is 0 Å². The summed E-state index contributed by atoms with van der Waals surface area (Å²) in [5.74, 6) is 1.63. The number of hydrogen-bond donors (Lipinski definition) is 1. The van der Waals surface area contributed by atoms with Gasteiger partial charge in [0, 0.05) is 12.6 Å². The van der Waals surface area contributed by atoms with Crippen LogP contribution in [-0.4, -0.2) is 19.8 Å². The lowest BCUT2D eigenvalue weighted by molar-refractivity contribution is 0.310. The molecule has 0 saturated heterocycles. The van der Waals surface area contributed by atoms with Gasteiger partial charge in [0.15, 0.2) is 11.5 Å². The Labute approximate surface area is 130 Å². The van der Waals surface area contributed by atoms with E-state index in [2.05, 4.69) is 31.3 Å². The van der Waals surface area contributed by atoms with Gasteiger partial charge >= 0.3 is 0 Å². The molecule has 120 valence electrons. The Hall–Kier alpha value is -1.22. The maximum absolute atomic E-state index is 5.54. The highest BCUT2D eigenvalue weighted by Gasteiger charge is 2.06. The summed E-state index contributed by atoms with van der Waals surface area (Å²) in [6.45, 7) is 8.02. The molecule has 0 amide bonds. The Balaban J connectivity index is 2.40. The molecule has 0 heterocycles. The molecule has 0 aliphatic carbocycles. The van der Waals surface area contributed by atoms with E-state index in [4.69, 9.17) is 9.47 Å². The number of benzene rings is 1. The van der Waals surface area contributed by atoms with Crippen LogP contribution in [0, 0.1) is 0 Å². The predicted molar refractivity (Wildman–Crippen MR) is 89.2 cm³/mol. The van der Waals surface area contributed by atoms with E-state index in [1.807, 2.05) is 13.0 Å². The molecule has 0 aliphatic rings. The minimum absolute atomic E-state index is 0.555. The second-order valence-electron chi connectivity index (χ2n) is 5.55. The van der Waals surface area contributed by atoms with E-state index in [1.54, 1.807) is 7.11 Å². The zero-order valence-electron chi connectivity index (χ0n) is 14.1. The average molecular weight is 293 g/mol.